The lowest BCUT2D eigenvalue weighted by molar-refractivity contribution is -0.119. The molecule has 3 rings (SSSR count). The van der Waals surface area contributed by atoms with Gasteiger partial charge in [-0.2, -0.15) is 4.98 Å². The minimum Gasteiger partial charge on any atom is -0.493 e. The van der Waals surface area contributed by atoms with Crippen LogP contribution in [0.2, 0.25) is 0 Å². The highest BCUT2D eigenvalue weighted by atomic mass is 16.5. The maximum absolute atomic E-state index is 12.4. The summed E-state index contributed by atoms with van der Waals surface area (Å²) in [7, 11) is 3.18. The molecule has 1 heterocycles. The van der Waals surface area contributed by atoms with Crippen LogP contribution in [0.1, 0.15) is 12.5 Å². The predicted molar refractivity (Wildman–Crippen MR) is 95.1 cm³/mol. The molecule has 3 aromatic rings. The number of rotatable bonds is 6. The molecular formula is C19H20N2O4. The fraction of sp³-hybridized carbons (Fsp3) is 0.263. The van der Waals surface area contributed by atoms with Crippen molar-refractivity contribution in [2.45, 2.75) is 13.3 Å². The van der Waals surface area contributed by atoms with E-state index in [4.69, 9.17) is 13.9 Å². The zero-order valence-corrected chi connectivity index (χ0v) is 14.4. The summed E-state index contributed by atoms with van der Waals surface area (Å²) in [6.07, 6.45) is 0.562. The summed E-state index contributed by atoms with van der Waals surface area (Å²) in [6.45, 7) is 1.86. The predicted octanol–water partition coefficient (Wildman–Crippen LogP) is 3.66. The van der Waals surface area contributed by atoms with E-state index < -0.39 is 0 Å². The van der Waals surface area contributed by atoms with Gasteiger partial charge in [-0.25, -0.2) is 0 Å². The minimum absolute atomic E-state index is 0.152. The van der Waals surface area contributed by atoms with Crippen LogP contribution in [0.5, 0.6) is 11.5 Å². The number of carbonyl (C=O) groups is 1. The van der Waals surface area contributed by atoms with Crippen molar-refractivity contribution in [3.05, 3.63) is 48.0 Å². The zero-order valence-electron chi connectivity index (χ0n) is 14.4. The summed E-state index contributed by atoms with van der Waals surface area (Å²) >= 11 is 0. The summed E-state index contributed by atoms with van der Waals surface area (Å²) < 4.78 is 16.1. The number of amides is 1. The van der Waals surface area contributed by atoms with Gasteiger partial charge >= 0.3 is 6.01 Å². The van der Waals surface area contributed by atoms with E-state index in [1.165, 1.54) is 0 Å². The topological polar surface area (TPSA) is 73.6 Å². The number of hydrogen-bond acceptors (Lipinski definition) is 5. The van der Waals surface area contributed by atoms with E-state index in [1.807, 2.05) is 49.4 Å². The van der Waals surface area contributed by atoms with E-state index in [-0.39, 0.29) is 17.8 Å². The van der Waals surface area contributed by atoms with Gasteiger partial charge in [-0.15, -0.1) is 0 Å². The number of para-hydroxylation sites is 2. The van der Waals surface area contributed by atoms with Crippen molar-refractivity contribution in [2.24, 2.45) is 5.92 Å². The Bertz CT molecular complexity index is 855. The molecule has 0 saturated heterocycles. The molecule has 0 radical (unpaired) electrons. The van der Waals surface area contributed by atoms with Gasteiger partial charge in [-0.3, -0.25) is 10.1 Å². The normalized spacial score (nSPS) is 12.0. The lowest BCUT2D eigenvalue weighted by Gasteiger charge is -2.13. The molecule has 0 aliphatic carbocycles. The SMILES string of the molecule is COc1ccc(CC(C)C(=O)Nc2nc3ccccc3o2)cc1OC. The van der Waals surface area contributed by atoms with Gasteiger partial charge in [-0.05, 0) is 36.2 Å². The lowest BCUT2D eigenvalue weighted by atomic mass is 10.00. The Morgan fingerprint density at radius 2 is 1.92 bits per heavy atom. The van der Waals surface area contributed by atoms with E-state index in [2.05, 4.69) is 10.3 Å². The summed E-state index contributed by atoms with van der Waals surface area (Å²) in [5.74, 6) is 0.899. The number of ether oxygens (including phenoxy) is 2. The van der Waals surface area contributed by atoms with Crippen molar-refractivity contribution in [1.29, 1.82) is 0 Å². The van der Waals surface area contributed by atoms with Crippen molar-refractivity contribution in [2.75, 3.05) is 19.5 Å². The standard InChI is InChI=1S/C19H20N2O4/c1-12(10-13-8-9-16(23-2)17(11-13)24-3)18(22)21-19-20-14-6-4-5-7-15(14)25-19/h4-9,11-12H,10H2,1-3H3,(H,20,21,22). The van der Waals surface area contributed by atoms with Crippen LogP contribution >= 0.6 is 0 Å². The maximum atomic E-state index is 12.4. The molecule has 1 atom stereocenters. The molecule has 0 saturated carbocycles. The van der Waals surface area contributed by atoms with E-state index >= 15 is 0 Å². The largest absolute Gasteiger partial charge is 0.493 e. The van der Waals surface area contributed by atoms with Gasteiger partial charge in [0.25, 0.3) is 0 Å². The Balaban J connectivity index is 1.68. The maximum Gasteiger partial charge on any atom is 0.302 e. The molecule has 1 amide bonds. The molecule has 1 aromatic heterocycles. The van der Waals surface area contributed by atoms with Crippen molar-refractivity contribution in [1.82, 2.24) is 4.98 Å². The zero-order chi connectivity index (χ0) is 17.8. The molecule has 130 valence electrons. The van der Waals surface area contributed by atoms with Crippen LogP contribution in [-0.4, -0.2) is 25.1 Å². The first-order valence-corrected chi connectivity index (χ1v) is 7.98. The van der Waals surface area contributed by atoms with Crippen molar-refractivity contribution < 1.29 is 18.7 Å². The smallest absolute Gasteiger partial charge is 0.302 e. The summed E-state index contributed by atoms with van der Waals surface area (Å²) in [6, 6.07) is 13.2. The second-order valence-corrected chi connectivity index (χ2v) is 5.77. The Hall–Kier alpha value is -3.02. The number of carbonyl (C=O) groups excluding carboxylic acids is 1. The van der Waals surface area contributed by atoms with Gasteiger partial charge in [-0.1, -0.05) is 25.1 Å². The second-order valence-electron chi connectivity index (χ2n) is 5.77. The third kappa shape index (κ3) is 3.74. The van der Waals surface area contributed by atoms with Crippen molar-refractivity contribution in [3.8, 4) is 11.5 Å². The average molecular weight is 340 g/mol. The van der Waals surface area contributed by atoms with Gasteiger partial charge in [0.05, 0.1) is 14.2 Å². The lowest BCUT2D eigenvalue weighted by Crippen LogP contribution is -2.22. The average Bonchev–Trinajstić information content (AvgIpc) is 3.03. The molecule has 25 heavy (non-hydrogen) atoms. The minimum atomic E-state index is -0.256. The number of nitrogens with one attached hydrogen (secondary N) is 1. The Morgan fingerprint density at radius 1 is 1.16 bits per heavy atom. The first-order chi connectivity index (χ1) is 12.1. The first kappa shape index (κ1) is 16.8. The van der Waals surface area contributed by atoms with E-state index in [0.717, 1.165) is 5.56 Å². The highest BCUT2D eigenvalue weighted by molar-refractivity contribution is 5.91. The van der Waals surface area contributed by atoms with Crippen LogP contribution in [0, 0.1) is 5.92 Å². The summed E-state index contributed by atoms with van der Waals surface area (Å²) in [5, 5.41) is 2.73. The number of nitrogens with zero attached hydrogens (tertiary/aromatic N) is 1. The molecule has 1 N–H and O–H groups in total. The monoisotopic (exact) mass is 340 g/mol. The summed E-state index contributed by atoms with van der Waals surface area (Å²) in [5.41, 5.74) is 2.34. The van der Waals surface area contributed by atoms with E-state index in [9.17, 15) is 4.79 Å². The van der Waals surface area contributed by atoms with Crippen LogP contribution < -0.4 is 14.8 Å². The van der Waals surface area contributed by atoms with Crippen molar-refractivity contribution >= 4 is 23.0 Å². The molecule has 6 nitrogen and oxygen atoms in total. The molecule has 0 fully saturated rings. The molecule has 1 unspecified atom stereocenters. The van der Waals surface area contributed by atoms with Gasteiger partial charge in [0.15, 0.2) is 17.1 Å². The number of hydrogen-bond donors (Lipinski definition) is 1. The molecule has 2 aromatic carbocycles. The van der Waals surface area contributed by atoms with Gasteiger partial charge in [0.2, 0.25) is 5.91 Å². The van der Waals surface area contributed by atoms with Crippen LogP contribution in [0.25, 0.3) is 11.1 Å². The van der Waals surface area contributed by atoms with Crippen LogP contribution in [0.3, 0.4) is 0 Å². The van der Waals surface area contributed by atoms with Crippen LogP contribution in [0.15, 0.2) is 46.9 Å². The van der Waals surface area contributed by atoms with Crippen LogP contribution in [0.4, 0.5) is 6.01 Å². The third-order valence-electron chi connectivity index (χ3n) is 3.96. The Morgan fingerprint density at radius 3 is 2.64 bits per heavy atom. The molecule has 0 aliphatic rings. The quantitative estimate of drug-likeness (QED) is 0.741. The van der Waals surface area contributed by atoms with Crippen molar-refractivity contribution in [3.63, 3.8) is 0 Å². The van der Waals surface area contributed by atoms with E-state index in [1.54, 1.807) is 14.2 Å². The second kappa shape index (κ2) is 7.25. The number of anilines is 1. The number of benzene rings is 2. The van der Waals surface area contributed by atoms with Gasteiger partial charge < -0.3 is 13.9 Å². The number of fused-ring (bicyclic) bond motifs is 1. The molecule has 0 spiro atoms. The Kier molecular flexibility index (Phi) is 4.88. The third-order valence-corrected chi connectivity index (χ3v) is 3.96. The Labute approximate surface area is 145 Å². The number of aromatic nitrogens is 1. The highest BCUT2D eigenvalue weighted by Crippen LogP contribution is 2.28. The fourth-order valence-corrected chi connectivity index (χ4v) is 2.61. The highest BCUT2D eigenvalue weighted by Gasteiger charge is 2.17. The molecule has 0 bridgehead atoms. The molecule has 6 heteroatoms. The first-order valence-electron chi connectivity index (χ1n) is 7.98. The molecule has 0 aliphatic heterocycles. The van der Waals surface area contributed by atoms with E-state index in [0.29, 0.717) is 29.0 Å². The molecular weight excluding hydrogens is 320 g/mol. The number of oxazole rings is 1. The summed E-state index contributed by atoms with van der Waals surface area (Å²) in [4.78, 5) is 16.7. The number of methoxy groups -OCH3 is 2. The fourth-order valence-electron chi connectivity index (χ4n) is 2.61. The van der Waals surface area contributed by atoms with Crippen LogP contribution in [-0.2, 0) is 11.2 Å². The van der Waals surface area contributed by atoms with Gasteiger partial charge in [0.1, 0.15) is 5.52 Å². The van der Waals surface area contributed by atoms with Gasteiger partial charge in [0, 0.05) is 5.92 Å².